The Morgan fingerprint density at radius 2 is 0.476 bits per heavy atom. The predicted molar refractivity (Wildman–Crippen MR) is 190 cm³/mol. The van der Waals surface area contributed by atoms with Crippen molar-refractivity contribution in [3.8, 4) is 0 Å². The van der Waals surface area contributed by atoms with Crippen LogP contribution in [0.15, 0.2) is 0 Å². The van der Waals surface area contributed by atoms with E-state index in [4.69, 9.17) is 5.11 Å². The fourth-order valence-corrected chi connectivity index (χ4v) is 6.57. The third kappa shape index (κ3) is 37.9. The van der Waals surface area contributed by atoms with Crippen LogP contribution in [0.25, 0.3) is 0 Å². The van der Waals surface area contributed by atoms with Crippen LogP contribution in [0.5, 0.6) is 0 Å². The highest BCUT2D eigenvalue weighted by Gasteiger charge is 2.03. The van der Waals surface area contributed by atoms with Crippen LogP contribution in [0.2, 0.25) is 0 Å². The van der Waals surface area contributed by atoms with Crippen molar-refractivity contribution in [2.24, 2.45) is 0 Å². The molecular weight excluding hydrogens is 512 g/mol. The zero-order valence-corrected chi connectivity index (χ0v) is 29.3. The Bertz CT molecular complexity index is 451. The van der Waals surface area contributed by atoms with Crippen molar-refractivity contribution in [2.45, 2.75) is 251 Å². The molecule has 0 aliphatic rings. The van der Waals surface area contributed by atoms with Crippen molar-refractivity contribution in [3.63, 3.8) is 0 Å². The van der Waals surface area contributed by atoms with Gasteiger partial charge in [0.05, 0.1) is 6.10 Å². The summed E-state index contributed by atoms with van der Waals surface area (Å²) >= 11 is 0. The lowest BCUT2D eigenvalue weighted by Gasteiger charge is -2.10. The van der Waals surface area contributed by atoms with E-state index in [2.05, 4.69) is 6.92 Å². The second-order valence-electron chi connectivity index (χ2n) is 14.0. The third-order valence-electron chi connectivity index (χ3n) is 9.59. The van der Waals surface area contributed by atoms with Crippen LogP contribution in [0, 0.1) is 0 Å². The molecule has 0 spiro atoms. The normalized spacial score (nSPS) is 12.4. The van der Waals surface area contributed by atoms with Gasteiger partial charge < -0.3 is 10.2 Å². The minimum Gasteiger partial charge on any atom is -0.396 e. The zero-order valence-electron chi connectivity index (χ0n) is 29.3. The van der Waals surface area contributed by atoms with Crippen LogP contribution >= 0.6 is 0 Å². The minimum atomic E-state index is -0.0353. The molecule has 0 saturated heterocycles. The maximum Gasteiger partial charge on any atom is 0.0540 e. The molecule has 254 valence electrons. The molecule has 0 radical (unpaired) electrons. The summed E-state index contributed by atoms with van der Waals surface area (Å²) in [5.41, 5.74) is 0. The number of rotatable bonds is 38. The van der Waals surface area contributed by atoms with E-state index in [-0.39, 0.29) is 6.10 Å². The molecule has 2 nitrogen and oxygen atoms in total. The molecule has 0 aromatic heterocycles. The zero-order chi connectivity index (χ0) is 30.4. The molecule has 0 aliphatic carbocycles. The SMILES string of the molecule is CCCCCCC(O)CCCCCCCCCCCCCCCCCCCCCCCCCCCCCCCCCO. The maximum absolute atomic E-state index is 10.1. The monoisotopic (exact) mass is 595 g/mol. The van der Waals surface area contributed by atoms with Crippen LogP contribution in [-0.2, 0) is 0 Å². The largest absolute Gasteiger partial charge is 0.396 e. The van der Waals surface area contributed by atoms with E-state index < -0.39 is 0 Å². The topological polar surface area (TPSA) is 40.5 Å². The molecule has 0 saturated carbocycles. The van der Waals surface area contributed by atoms with Crippen LogP contribution in [-0.4, -0.2) is 22.9 Å². The van der Waals surface area contributed by atoms with Gasteiger partial charge in [0.1, 0.15) is 0 Å². The van der Waals surface area contributed by atoms with Gasteiger partial charge in [0.2, 0.25) is 0 Å². The highest BCUT2D eigenvalue weighted by molar-refractivity contribution is 4.58. The van der Waals surface area contributed by atoms with Gasteiger partial charge >= 0.3 is 0 Å². The second-order valence-corrected chi connectivity index (χ2v) is 14.0. The molecule has 0 rings (SSSR count). The van der Waals surface area contributed by atoms with Gasteiger partial charge in [0, 0.05) is 6.61 Å². The molecule has 0 heterocycles. The number of unbranched alkanes of at least 4 members (excludes halogenated alkanes) is 33. The summed E-state index contributed by atoms with van der Waals surface area (Å²) in [6.07, 6.45) is 50.9. The fraction of sp³-hybridized carbons (Fsp3) is 1.00. The lowest BCUT2D eigenvalue weighted by molar-refractivity contribution is 0.147. The summed E-state index contributed by atoms with van der Waals surface area (Å²) in [4.78, 5) is 0. The molecule has 0 fully saturated rings. The van der Waals surface area contributed by atoms with Gasteiger partial charge in [-0.2, -0.15) is 0 Å². The first-order valence-corrected chi connectivity index (χ1v) is 20.1. The van der Waals surface area contributed by atoms with E-state index in [0.717, 1.165) is 19.3 Å². The van der Waals surface area contributed by atoms with Crippen molar-refractivity contribution in [3.05, 3.63) is 0 Å². The summed E-state index contributed by atoms with van der Waals surface area (Å²) < 4.78 is 0. The quantitative estimate of drug-likeness (QED) is 0.0698. The van der Waals surface area contributed by atoms with Crippen molar-refractivity contribution in [1.82, 2.24) is 0 Å². The van der Waals surface area contributed by atoms with E-state index in [1.54, 1.807) is 0 Å². The lowest BCUT2D eigenvalue weighted by Crippen LogP contribution is -2.05. The van der Waals surface area contributed by atoms with Gasteiger partial charge in [-0.25, -0.2) is 0 Å². The summed E-state index contributed by atoms with van der Waals surface area (Å²) in [7, 11) is 0. The average molecular weight is 595 g/mol. The Labute approximate surface area is 267 Å². The van der Waals surface area contributed by atoms with E-state index in [0.29, 0.717) is 6.61 Å². The number of aliphatic hydroxyl groups is 2. The maximum atomic E-state index is 10.1. The van der Waals surface area contributed by atoms with Gasteiger partial charge in [-0.15, -0.1) is 0 Å². The van der Waals surface area contributed by atoms with Crippen LogP contribution in [0.4, 0.5) is 0 Å². The Morgan fingerprint density at radius 3 is 0.690 bits per heavy atom. The van der Waals surface area contributed by atoms with Crippen molar-refractivity contribution < 1.29 is 10.2 Å². The molecule has 0 amide bonds. The molecule has 0 aliphatic heterocycles. The summed E-state index contributed by atoms with van der Waals surface area (Å²) in [6, 6.07) is 0. The summed E-state index contributed by atoms with van der Waals surface area (Å²) in [6.45, 7) is 2.62. The molecule has 2 heteroatoms. The van der Waals surface area contributed by atoms with E-state index in [9.17, 15) is 5.11 Å². The van der Waals surface area contributed by atoms with Gasteiger partial charge in [-0.3, -0.25) is 0 Å². The Morgan fingerprint density at radius 1 is 0.286 bits per heavy atom. The van der Waals surface area contributed by atoms with Crippen molar-refractivity contribution >= 4 is 0 Å². The molecular formula is C40H82O2. The van der Waals surface area contributed by atoms with Gasteiger partial charge in [0.15, 0.2) is 0 Å². The molecule has 0 aromatic rings. The molecule has 1 atom stereocenters. The number of hydrogen-bond acceptors (Lipinski definition) is 2. The average Bonchev–Trinajstić information content (AvgIpc) is 3.00. The molecule has 42 heavy (non-hydrogen) atoms. The van der Waals surface area contributed by atoms with E-state index in [1.807, 2.05) is 0 Å². The fourth-order valence-electron chi connectivity index (χ4n) is 6.57. The Kier molecular flexibility index (Phi) is 38.9. The van der Waals surface area contributed by atoms with E-state index >= 15 is 0 Å². The first-order valence-electron chi connectivity index (χ1n) is 20.1. The highest BCUT2D eigenvalue weighted by atomic mass is 16.3. The summed E-state index contributed by atoms with van der Waals surface area (Å²) in [5.74, 6) is 0. The standard InChI is InChI=1S/C40H82O2/c1-2-3-4-34-37-40(42)38-35-32-30-28-26-24-22-20-18-16-14-12-10-8-6-5-7-9-11-13-15-17-19-21-23-25-27-29-31-33-36-39-41/h40-42H,2-39H2,1H3. The smallest absolute Gasteiger partial charge is 0.0540 e. The predicted octanol–water partition coefficient (Wildman–Crippen LogP) is 13.8. The van der Waals surface area contributed by atoms with Crippen LogP contribution in [0.3, 0.4) is 0 Å². The lowest BCUT2D eigenvalue weighted by atomic mass is 10.0. The van der Waals surface area contributed by atoms with Gasteiger partial charge in [-0.05, 0) is 19.3 Å². The van der Waals surface area contributed by atoms with E-state index in [1.165, 1.54) is 218 Å². The highest BCUT2D eigenvalue weighted by Crippen LogP contribution is 2.17. The Hall–Kier alpha value is -0.0800. The number of aliphatic hydroxyl groups excluding tert-OH is 2. The third-order valence-corrected chi connectivity index (χ3v) is 9.59. The van der Waals surface area contributed by atoms with Crippen molar-refractivity contribution in [1.29, 1.82) is 0 Å². The molecule has 0 bridgehead atoms. The first-order chi connectivity index (χ1) is 20.8. The van der Waals surface area contributed by atoms with Crippen molar-refractivity contribution in [2.75, 3.05) is 6.61 Å². The molecule has 2 N–H and O–H groups in total. The minimum absolute atomic E-state index is 0.0353. The number of hydrogen-bond donors (Lipinski definition) is 2. The molecule has 0 aromatic carbocycles. The second kappa shape index (κ2) is 38.9. The first kappa shape index (κ1) is 41.9. The molecule has 1 unspecified atom stereocenters. The van der Waals surface area contributed by atoms with Gasteiger partial charge in [0.25, 0.3) is 0 Å². The van der Waals surface area contributed by atoms with Crippen LogP contribution in [0.1, 0.15) is 244 Å². The van der Waals surface area contributed by atoms with Crippen LogP contribution < -0.4 is 0 Å². The Balaban J connectivity index is 3.07. The summed E-state index contributed by atoms with van der Waals surface area (Å²) in [5, 5.41) is 18.9. The van der Waals surface area contributed by atoms with Gasteiger partial charge in [-0.1, -0.05) is 225 Å².